The average Bonchev–Trinajstić information content (AvgIpc) is 2.83. The fourth-order valence-electron chi connectivity index (χ4n) is 1.50. The Morgan fingerprint density at radius 3 is 2.79 bits per heavy atom. The van der Waals surface area contributed by atoms with Crippen LogP contribution in [0.4, 0.5) is 5.69 Å². The Bertz CT molecular complexity index is 607. The first kappa shape index (κ1) is 13.8. The molecule has 0 saturated heterocycles. The predicted octanol–water partition coefficient (Wildman–Crippen LogP) is 4.17. The normalized spacial score (nSPS) is 10.6. The van der Waals surface area contributed by atoms with Gasteiger partial charge >= 0.3 is 0 Å². The Morgan fingerprint density at radius 1 is 1.32 bits per heavy atom. The number of rotatable bonds is 4. The molecule has 1 amide bonds. The lowest BCUT2D eigenvalue weighted by Gasteiger charge is -2.07. The van der Waals surface area contributed by atoms with Gasteiger partial charge in [-0.15, -0.1) is 11.3 Å². The molecule has 0 radical (unpaired) electrons. The third-order valence-corrected chi connectivity index (χ3v) is 3.95. The second-order valence-electron chi connectivity index (χ2n) is 3.66. The van der Waals surface area contributed by atoms with E-state index in [4.69, 9.17) is 4.74 Å². The minimum absolute atomic E-state index is 0.186. The minimum atomic E-state index is -0.186. The van der Waals surface area contributed by atoms with Crippen molar-refractivity contribution in [3.05, 3.63) is 51.1 Å². The zero-order valence-corrected chi connectivity index (χ0v) is 12.6. The van der Waals surface area contributed by atoms with Gasteiger partial charge in [0.25, 0.3) is 0 Å². The van der Waals surface area contributed by atoms with Gasteiger partial charge in [-0.05, 0) is 46.3 Å². The van der Waals surface area contributed by atoms with Crippen LogP contribution in [0.25, 0.3) is 6.08 Å². The van der Waals surface area contributed by atoms with Crippen molar-refractivity contribution in [2.45, 2.75) is 0 Å². The number of anilines is 1. The summed E-state index contributed by atoms with van der Waals surface area (Å²) in [7, 11) is 1.57. The lowest BCUT2D eigenvalue weighted by molar-refractivity contribution is -0.111. The topological polar surface area (TPSA) is 38.3 Å². The zero-order valence-electron chi connectivity index (χ0n) is 10.2. The highest BCUT2D eigenvalue weighted by Gasteiger charge is 2.03. The number of carbonyl (C=O) groups is 1. The van der Waals surface area contributed by atoms with Crippen LogP contribution in [0.3, 0.4) is 0 Å². The van der Waals surface area contributed by atoms with E-state index in [1.165, 1.54) is 6.08 Å². The molecular formula is C14H12BrNO2S. The molecule has 98 valence electrons. The molecule has 1 aromatic carbocycles. The Kier molecular flexibility index (Phi) is 4.76. The largest absolute Gasteiger partial charge is 0.495 e. The highest BCUT2D eigenvalue weighted by Crippen LogP contribution is 2.24. The van der Waals surface area contributed by atoms with E-state index < -0.39 is 0 Å². The molecule has 1 aromatic heterocycles. The highest BCUT2D eigenvalue weighted by atomic mass is 79.9. The SMILES string of the molecule is COc1ccccc1NC(=O)/C=C/c1ccc(Br)s1. The van der Waals surface area contributed by atoms with Gasteiger partial charge in [0.05, 0.1) is 16.6 Å². The molecule has 0 aliphatic heterocycles. The van der Waals surface area contributed by atoms with Gasteiger partial charge in [-0.2, -0.15) is 0 Å². The van der Waals surface area contributed by atoms with Crippen LogP contribution in [0.2, 0.25) is 0 Å². The molecule has 0 saturated carbocycles. The summed E-state index contributed by atoms with van der Waals surface area (Å²) in [6, 6.07) is 11.2. The Balaban J connectivity index is 2.03. The van der Waals surface area contributed by atoms with Crippen LogP contribution in [0.1, 0.15) is 4.88 Å². The standard InChI is InChI=1S/C14H12BrNO2S/c1-18-12-5-3-2-4-11(12)16-14(17)9-7-10-6-8-13(15)19-10/h2-9H,1H3,(H,16,17)/b9-7+. The summed E-state index contributed by atoms with van der Waals surface area (Å²) >= 11 is 4.95. The van der Waals surface area contributed by atoms with Gasteiger partial charge in [-0.1, -0.05) is 12.1 Å². The van der Waals surface area contributed by atoms with Crippen molar-refractivity contribution in [1.29, 1.82) is 0 Å². The summed E-state index contributed by atoms with van der Waals surface area (Å²) in [6.45, 7) is 0. The van der Waals surface area contributed by atoms with E-state index in [1.54, 1.807) is 36.7 Å². The van der Waals surface area contributed by atoms with Crippen molar-refractivity contribution < 1.29 is 9.53 Å². The first-order valence-corrected chi connectivity index (χ1v) is 7.17. The molecule has 0 fully saturated rings. The summed E-state index contributed by atoms with van der Waals surface area (Å²) in [5.41, 5.74) is 0.659. The van der Waals surface area contributed by atoms with Crippen molar-refractivity contribution in [2.24, 2.45) is 0 Å². The molecule has 3 nitrogen and oxygen atoms in total. The number of hydrogen-bond donors (Lipinski definition) is 1. The van der Waals surface area contributed by atoms with Gasteiger partial charge in [-0.25, -0.2) is 0 Å². The smallest absolute Gasteiger partial charge is 0.248 e. The number of carbonyl (C=O) groups excluding carboxylic acids is 1. The maximum absolute atomic E-state index is 11.8. The van der Waals surface area contributed by atoms with Gasteiger partial charge in [0, 0.05) is 11.0 Å². The van der Waals surface area contributed by atoms with Crippen LogP contribution in [-0.2, 0) is 4.79 Å². The average molecular weight is 338 g/mol. The van der Waals surface area contributed by atoms with Crippen molar-refractivity contribution >= 4 is 44.9 Å². The van der Waals surface area contributed by atoms with Gasteiger partial charge in [0.15, 0.2) is 0 Å². The van der Waals surface area contributed by atoms with E-state index in [2.05, 4.69) is 21.2 Å². The van der Waals surface area contributed by atoms with E-state index in [0.717, 1.165) is 8.66 Å². The first-order valence-electron chi connectivity index (χ1n) is 5.56. The Labute approximate surface area is 124 Å². The predicted molar refractivity (Wildman–Crippen MR) is 82.7 cm³/mol. The number of ether oxygens (including phenoxy) is 1. The second-order valence-corrected chi connectivity index (χ2v) is 6.16. The lowest BCUT2D eigenvalue weighted by Crippen LogP contribution is -2.08. The van der Waals surface area contributed by atoms with Gasteiger partial charge in [0.1, 0.15) is 5.75 Å². The maximum atomic E-state index is 11.8. The van der Waals surface area contributed by atoms with Crippen molar-refractivity contribution in [3.8, 4) is 5.75 Å². The van der Waals surface area contributed by atoms with Gasteiger partial charge in [0.2, 0.25) is 5.91 Å². The molecule has 1 N–H and O–H groups in total. The van der Waals surface area contributed by atoms with Crippen LogP contribution in [0.5, 0.6) is 5.75 Å². The van der Waals surface area contributed by atoms with Crippen LogP contribution in [0.15, 0.2) is 46.3 Å². The van der Waals surface area contributed by atoms with E-state index in [-0.39, 0.29) is 5.91 Å². The molecule has 0 bridgehead atoms. The first-order chi connectivity index (χ1) is 9.19. The van der Waals surface area contributed by atoms with Gasteiger partial charge < -0.3 is 10.1 Å². The summed E-state index contributed by atoms with van der Waals surface area (Å²) in [6.07, 6.45) is 3.28. The van der Waals surface area contributed by atoms with E-state index >= 15 is 0 Å². The Hall–Kier alpha value is -1.59. The highest BCUT2D eigenvalue weighted by molar-refractivity contribution is 9.11. The van der Waals surface area contributed by atoms with Crippen molar-refractivity contribution in [1.82, 2.24) is 0 Å². The summed E-state index contributed by atoms with van der Waals surface area (Å²) in [4.78, 5) is 12.8. The zero-order chi connectivity index (χ0) is 13.7. The third-order valence-electron chi connectivity index (χ3n) is 2.36. The molecule has 2 aromatic rings. The Morgan fingerprint density at radius 2 is 2.11 bits per heavy atom. The van der Waals surface area contributed by atoms with Crippen LogP contribution < -0.4 is 10.1 Å². The fourth-order valence-corrected chi connectivity index (χ4v) is 2.82. The number of methoxy groups -OCH3 is 1. The molecule has 1 heterocycles. The van der Waals surface area contributed by atoms with E-state index in [1.807, 2.05) is 24.3 Å². The van der Waals surface area contributed by atoms with Crippen LogP contribution in [0, 0.1) is 0 Å². The number of halogens is 1. The monoisotopic (exact) mass is 337 g/mol. The molecule has 0 aliphatic carbocycles. The number of thiophene rings is 1. The minimum Gasteiger partial charge on any atom is -0.495 e. The lowest BCUT2D eigenvalue weighted by atomic mass is 10.3. The van der Waals surface area contributed by atoms with Crippen molar-refractivity contribution in [2.75, 3.05) is 12.4 Å². The number of benzene rings is 1. The van der Waals surface area contributed by atoms with Gasteiger partial charge in [-0.3, -0.25) is 4.79 Å². The number of para-hydroxylation sites is 2. The van der Waals surface area contributed by atoms with Crippen LogP contribution in [-0.4, -0.2) is 13.0 Å². The van der Waals surface area contributed by atoms with E-state index in [9.17, 15) is 4.79 Å². The van der Waals surface area contributed by atoms with Crippen LogP contribution >= 0.6 is 27.3 Å². The third kappa shape index (κ3) is 3.94. The quantitative estimate of drug-likeness (QED) is 0.850. The number of hydrogen-bond acceptors (Lipinski definition) is 3. The molecule has 0 aliphatic rings. The molecule has 0 unspecified atom stereocenters. The summed E-state index contributed by atoms with van der Waals surface area (Å²) < 4.78 is 6.21. The summed E-state index contributed by atoms with van der Waals surface area (Å²) in [5, 5.41) is 2.78. The summed E-state index contributed by atoms with van der Waals surface area (Å²) in [5.74, 6) is 0.456. The fraction of sp³-hybridized carbons (Fsp3) is 0.0714. The molecular weight excluding hydrogens is 326 g/mol. The molecule has 2 rings (SSSR count). The maximum Gasteiger partial charge on any atom is 0.248 e. The number of nitrogens with one attached hydrogen (secondary N) is 1. The molecule has 0 atom stereocenters. The molecule has 0 spiro atoms. The van der Waals surface area contributed by atoms with Crippen molar-refractivity contribution in [3.63, 3.8) is 0 Å². The molecule has 19 heavy (non-hydrogen) atoms. The second kappa shape index (κ2) is 6.54. The number of amides is 1. The van der Waals surface area contributed by atoms with E-state index in [0.29, 0.717) is 11.4 Å². The molecule has 5 heteroatoms.